The summed E-state index contributed by atoms with van der Waals surface area (Å²) in [4.78, 5) is 13.4. The molecule has 1 heterocycles. The van der Waals surface area contributed by atoms with Crippen molar-refractivity contribution >= 4 is 6.29 Å². The molecule has 2 nitrogen and oxygen atoms in total. The van der Waals surface area contributed by atoms with Crippen molar-refractivity contribution in [2.75, 3.05) is 13.1 Å². The number of likely N-dealkylation sites (tertiary alicyclic amines) is 1. The van der Waals surface area contributed by atoms with Gasteiger partial charge in [-0.2, -0.15) is 0 Å². The molecular formula is C20H23NO. The monoisotopic (exact) mass is 293 g/mol. The topological polar surface area (TPSA) is 20.3 Å². The molecule has 1 fully saturated rings. The molecular weight excluding hydrogens is 270 g/mol. The molecule has 0 bridgehead atoms. The third-order valence-electron chi connectivity index (χ3n) is 4.57. The van der Waals surface area contributed by atoms with E-state index in [0.29, 0.717) is 0 Å². The van der Waals surface area contributed by atoms with Crippen molar-refractivity contribution in [2.24, 2.45) is 5.92 Å². The third kappa shape index (κ3) is 4.05. The highest BCUT2D eigenvalue weighted by Gasteiger charge is 2.19. The van der Waals surface area contributed by atoms with E-state index in [-0.39, 0.29) is 0 Å². The van der Waals surface area contributed by atoms with Crippen LogP contribution in [-0.4, -0.2) is 24.3 Å². The van der Waals surface area contributed by atoms with Gasteiger partial charge < -0.3 is 0 Å². The van der Waals surface area contributed by atoms with Crippen molar-refractivity contribution < 1.29 is 4.79 Å². The lowest BCUT2D eigenvalue weighted by molar-refractivity contribution is 0.112. The van der Waals surface area contributed by atoms with Crippen LogP contribution in [-0.2, 0) is 13.0 Å². The fourth-order valence-corrected chi connectivity index (χ4v) is 3.32. The molecule has 0 amide bonds. The second-order valence-corrected chi connectivity index (χ2v) is 6.27. The normalized spacial score (nSPS) is 16.5. The van der Waals surface area contributed by atoms with Gasteiger partial charge in [-0.3, -0.25) is 9.69 Å². The molecule has 1 aliphatic rings. The first-order valence-corrected chi connectivity index (χ1v) is 8.14. The standard InChI is InChI=1S/C20H23NO/c22-16-20-8-4-7-19(14-20)15-21-11-9-18(10-12-21)13-17-5-2-1-3-6-17/h1-8,14,16,18H,9-13,15H2. The summed E-state index contributed by atoms with van der Waals surface area (Å²) >= 11 is 0. The van der Waals surface area contributed by atoms with Crippen LogP contribution >= 0.6 is 0 Å². The second kappa shape index (κ2) is 7.37. The first-order chi connectivity index (χ1) is 10.8. The van der Waals surface area contributed by atoms with Crippen molar-refractivity contribution in [1.82, 2.24) is 4.90 Å². The van der Waals surface area contributed by atoms with Crippen molar-refractivity contribution in [3.8, 4) is 0 Å². The zero-order valence-electron chi connectivity index (χ0n) is 12.9. The molecule has 0 unspecified atom stereocenters. The molecule has 0 aromatic heterocycles. The van der Waals surface area contributed by atoms with Gasteiger partial charge in [0.1, 0.15) is 6.29 Å². The molecule has 2 heteroatoms. The molecule has 3 rings (SSSR count). The average Bonchev–Trinajstić information content (AvgIpc) is 2.58. The number of benzene rings is 2. The number of hydrogen-bond donors (Lipinski definition) is 0. The molecule has 114 valence electrons. The third-order valence-corrected chi connectivity index (χ3v) is 4.57. The lowest BCUT2D eigenvalue weighted by Crippen LogP contribution is -2.33. The number of carbonyl (C=O) groups is 1. The molecule has 1 aliphatic heterocycles. The Morgan fingerprint density at radius 1 is 0.955 bits per heavy atom. The fourth-order valence-electron chi connectivity index (χ4n) is 3.32. The number of hydrogen-bond acceptors (Lipinski definition) is 2. The number of nitrogens with zero attached hydrogens (tertiary/aromatic N) is 1. The molecule has 0 spiro atoms. The van der Waals surface area contributed by atoms with Crippen LogP contribution in [0.3, 0.4) is 0 Å². The van der Waals surface area contributed by atoms with Gasteiger partial charge in [-0.05, 0) is 55.5 Å². The van der Waals surface area contributed by atoms with Gasteiger partial charge in [0.05, 0.1) is 0 Å². The zero-order chi connectivity index (χ0) is 15.2. The van der Waals surface area contributed by atoms with Crippen LogP contribution in [0, 0.1) is 5.92 Å². The average molecular weight is 293 g/mol. The highest BCUT2D eigenvalue weighted by molar-refractivity contribution is 5.74. The van der Waals surface area contributed by atoms with E-state index in [1.807, 2.05) is 18.2 Å². The Balaban J connectivity index is 1.50. The summed E-state index contributed by atoms with van der Waals surface area (Å²) < 4.78 is 0. The van der Waals surface area contributed by atoms with E-state index in [1.54, 1.807) is 0 Å². The number of carbonyl (C=O) groups excluding carboxylic acids is 1. The van der Waals surface area contributed by atoms with Crippen molar-refractivity contribution in [3.63, 3.8) is 0 Å². The summed E-state index contributed by atoms with van der Waals surface area (Å²) in [5.74, 6) is 0.806. The molecule has 1 saturated heterocycles. The van der Waals surface area contributed by atoms with Crippen LogP contribution in [0.25, 0.3) is 0 Å². The zero-order valence-corrected chi connectivity index (χ0v) is 12.9. The summed E-state index contributed by atoms with van der Waals surface area (Å²) in [6.45, 7) is 3.27. The predicted molar refractivity (Wildman–Crippen MR) is 90.0 cm³/mol. The van der Waals surface area contributed by atoms with Crippen LogP contribution < -0.4 is 0 Å². The van der Waals surface area contributed by atoms with Gasteiger partial charge >= 0.3 is 0 Å². The van der Waals surface area contributed by atoms with Gasteiger partial charge in [0.25, 0.3) is 0 Å². The van der Waals surface area contributed by atoms with Crippen molar-refractivity contribution in [3.05, 3.63) is 71.3 Å². The first kappa shape index (κ1) is 15.0. The maximum absolute atomic E-state index is 10.9. The quantitative estimate of drug-likeness (QED) is 0.778. The molecule has 0 aliphatic carbocycles. The number of rotatable bonds is 5. The van der Waals surface area contributed by atoms with E-state index in [0.717, 1.165) is 37.4 Å². The molecule has 0 atom stereocenters. The summed E-state index contributed by atoms with van der Waals surface area (Å²) in [7, 11) is 0. The Labute approximate surface area is 132 Å². The summed E-state index contributed by atoms with van der Waals surface area (Å²) in [6.07, 6.45) is 4.66. The minimum atomic E-state index is 0.775. The van der Waals surface area contributed by atoms with Crippen LogP contribution in [0.15, 0.2) is 54.6 Å². The maximum Gasteiger partial charge on any atom is 0.150 e. The van der Waals surface area contributed by atoms with Crippen LogP contribution in [0.5, 0.6) is 0 Å². The van der Waals surface area contributed by atoms with Gasteiger partial charge in [0.15, 0.2) is 0 Å². The Hall–Kier alpha value is -1.93. The molecule has 2 aromatic carbocycles. The minimum absolute atomic E-state index is 0.775. The maximum atomic E-state index is 10.9. The SMILES string of the molecule is O=Cc1cccc(CN2CCC(Cc3ccccc3)CC2)c1. The number of piperidine rings is 1. The Kier molecular flexibility index (Phi) is 5.02. The lowest BCUT2D eigenvalue weighted by atomic mass is 9.90. The largest absolute Gasteiger partial charge is 0.299 e. The smallest absolute Gasteiger partial charge is 0.150 e. The van der Waals surface area contributed by atoms with E-state index < -0.39 is 0 Å². The Bertz CT molecular complexity index is 600. The molecule has 22 heavy (non-hydrogen) atoms. The van der Waals surface area contributed by atoms with Gasteiger partial charge in [0, 0.05) is 12.1 Å². The minimum Gasteiger partial charge on any atom is -0.299 e. The summed E-state index contributed by atoms with van der Waals surface area (Å²) in [5.41, 5.74) is 3.47. The second-order valence-electron chi connectivity index (χ2n) is 6.27. The van der Waals surface area contributed by atoms with Crippen molar-refractivity contribution in [2.45, 2.75) is 25.8 Å². The Morgan fingerprint density at radius 3 is 2.41 bits per heavy atom. The van der Waals surface area contributed by atoms with E-state index in [4.69, 9.17) is 0 Å². The van der Waals surface area contributed by atoms with E-state index >= 15 is 0 Å². The lowest BCUT2D eigenvalue weighted by Gasteiger charge is -2.32. The fraction of sp³-hybridized carbons (Fsp3) is 0.350. The molecule has 0 radical (unpaired) electrons. The van der Waals surface area contributed by atoms with Crippen molar-refractivity contribution in [1.29, 1.82) is 0 Å². The Morgan fingerprint density at radius 2 is 1.68 bits per heavy atom. The first-order valence-electron chi connectivity index (χ1n) is 8.14. The van der Waals surface area contributed by atoms with Crippen LogP contribution in [0.2, 0.25) is 0 Å². The summed E-state index contributed by atoms with van der Waals surface area (Å²) in [6, 6.07) is 18.8. The predicted octanol–water partition coefficient (Wildman–Crippen LogP) is 3.95. The summed E-state index contributed by atoms with van der Waals surface area (Å²) in [5, 5.41) is 0. The van der Waals surface area contributed by atoms with Gasteiger partial charge in [-0.15, -0.1) is 0 Å². The van der Waals surface area contributed by atoms with Crippen LogP contribution in [0.1, 0.15) is 34.3 Å². The highest BCUT2D eigenvalue weighted by Crippen LogP contribution is 2.22. The van der Waals surface area contributed by atoms with Crippen LogP contribution in [0.4, 0.5) is 0 Å². The molecule has 0 saturated carbocycles. The molecule has 2 aromatic rings. The van der Waals surface area contributed by atoms with E-state index in [1.165, 1.54) is 30.4 Å². The van der Waals surface area contributed by atoms with Gasteiger partial charge in [-0.1, -0.05) is 48.5 Å². The molecule has 0 N–H and O–H groups in total. The van der Waals surface area contributed by atoms with Gasteiger partial charge in [0.2, 0.25) is 0 Å². The van der Waals surface area contributed by atoms with E-state index in [2.05, 4.69) is 41.3 Å². The highest BCUT2D eigenvalue weighted by atomic mass is 16.1. The number of aldehydes is 1. The van der Waals surface area contributed by atoms with Gasteiger partial charge in [-0.25, -0.2) is 0 Å². The van der Waals surface area contributed by atoms with E-state index in [9.17, 15) is 4.79 Å².